The number of aliphatic hydroxyl groups excluding tert-OH is 1. The molecule has 1 aliphatic rings. The first kappa shape index (κ1) is 14.0. The van der Waals surface area contributed by atoms with Gasteiger partial charge in [0.25, 0.3) is 5.91 Å². The predicted octanol–water partition coefficient (Wildman–Crippen LogP) is -0.259. The molecular formula is C14H21N3O2. The van der Waals surface area contributed by atoms with Crippen molar-refractivity contribution in [1.29, 1.82) is 0 Å². The van der Waals surface area contributed by atoms with Gasteiger partial charge >= 0.3 is 0 Å². The summed E-state index contributed by atoms with van der Waals surface area (Å²) < 4.78 is 0. The van der Waals surface area contributed by atoms with E-state index in [0.29, 0.717) is 12.1 Å². The predicted molar refractivity (Wildman–Crippen MR) is 73.7 cm³/mol. The Kier molecular flexibility index (Phi) is 5.32. The third kappa shape index (κ3) is 4.31. The van der Waals surface area contributed by atoms with E-state index in [1.807, 2.05) is 18.2 Å². The van der Waals surface area contributed by atoms with Gasteiger partial charge < -0.3 is 15.7 Å². The molecule has 3 N–H and O–H groups in total. The smallest absolute Gasteiger partial charge is 0.253 e. The second-order valence-corrected chi connectivity index (χ2v) is 4.70. The van der Waals surface area contributed by atoms with Crippen molar-refractivity contribution in [2.75, 3.05) is 39.3 Å². The molecule has 1 aromatic rings. The number of benzene rings is 1. The molecule has 5 nitrogen and oxygen atoms in total. The van der Waals surface area contributed by atoms with Crippen molar-refractivity contribution in [2.45, 2.75) is 6.10 Å². The second kappa shape index (κ2) is 7.23. The van der Waals surface area contributed by atoms with Crippen molar-refractivity contribution >= 4 is 5.91 Å². The summed E-state index contributed by atoms with van der Waals surface area (Å²) in [5.74, 6) is -0.332. The summed E-state index contributed by atoms with van der Waals surface area (Å²) in [7, 11) is 0. The van der Waals surface area contributed by atoms with Crippen molar-refractivity contribution < 1.29 is 9.90 Å². The minimum Gasteiger partial charge on any atom is -0.378 e. The Balaban J connectivity index is 1.72. The number of aliphatic hydroxyl groups is 1. The van der Waals surface area contributed by atoms with Crippen LogP contribution in [0.4, 0.5) is 0 Å². The van der Waals surface area contributed by atoms with Crippen LogP contribution in [0.15, 0.2) is 30.3 Å². The van der Waals surface area contributed by atoms with Gasteiger partial charge in [-0.3, -0.25) is 9.69 Å². The summed E-state index contributed by atoms with van der Waals surface area (Å²) in [5.41, 5.74) is 0.627. The van der Waals surface area contributed by atoms with Crippen molar-refractivity contribution in [1.82, 2.24) is 15.5 Å². The van der Waals surface area contributed by atoms with E-state index in [-0.39, 0.29) is 5.91 Å². The summed E-state index contributed by atoms with van der Waals surface area (Å²) in [6.07, 6.45) is -1.08. The summed E-state index contributed by atoms with van der Waals surface area (Å²) in [6, 6.07) is 8.98. The molecule has 1 aromatic carbocycles. The second-order valence-electron chi connectivity index (χ2n) is 4.70. The van der Waals surface area contributed by atoms with Gasteiger partial charge in [0, 0.05) is 39.3 Å². The Labute approximate surface area is 113 Å². The van der Waals surface area contributed by atoms with Crippen molar-refractivity contribution in [2.24, 2.45) is 0 Å². The molecule has 1 atom stereocenters. The van der Waals surface area contributed by atoms with E-state index in [9.17, 15) is 9.90 Å². The molecule has 0 spiro atoms. The lowest BCUT2D eigenvalue weighted by Gasteiger charge is -2.27. The highest BCUT2D eigenvalue weighted by molar-refractivity contribution is 5.81. The molecule has 2 rings (SSSR count). The number of hydrogen-bond donors (Lipinski definition) is 3. The average molecular weight is 263 g/mol. The maximum Gasteiger partial charge on any atom is 0.253 e. The first-order valence-corrected chi connectivity index (χ1v) is 6.71. The molecule has 1 fully saturated rings. The molecular weight excluding hydrogens is 242 g/mol. The van der Waals surface area contributed by atoms with Crippen LogP contribution in [0.3, 0.4) is 0 Å². The van der Waals surface area contributed by atoms with Crippen LogP contribution in [-0.2, 0) is 4.79 Å². The molecule has 1 amide bonds. The highest BCUT2D eigenvalue weighted by Gasteiger charge is 2.16. The topological polar surface area (TPSA) is 64.6 Å². The van der Waals surface area contributed by atoms with Crippen molar-refractivity contribution in [3.8, 4) is 0 Å². The highest BCUT2D eigenvalue weighted by atomic mass is 16.3. The van der Waals surface area contributed by atoms with Gasteiger partial charge in [0.05, 0.1) is 0 Å². The maximum absolute atomic E-state index is 11.8. The molecule has 0 radical (unpaired) electrons. The lowest BCUT2D eigenvalue weighted by atomic mass is 10.1. The Morgan fingerprint density at radius 1 is 1.32 bits per heavy atom. The first-order chi connectivity index (χ1) is 9.27. The first-order valence-electron chi connectivity index (χ1n) is 6.71. The lowest BCUT2D eigenvalue weighted by Crippen LogP contribution is -2.46. The van der Waals surface area contributed by atoms with Gasteiger partial charge in [-0.25, -0.2) is 0 Å². The normalized spacial score (nSPS) is 17.9. The Morgan fingerprint density at radius 2 is 2.00 bits per heavy atom. The Bertz CT molecular complexity index is 391. The third-order valence-corrected chi connectivity index (χ3v) is 3.30. The largest absolute Gasteiger partial charge is 0.378 e. The number of carbonyl (C=O) groups is 1. The molecule has 1 saturated heterocycles. The Morgan fingerprint density at radius 3 is 2.68 bits per heavy atom. The van der Waals surface area contributed by atoms with Crippen LogP contribution in [0.1, 0.15) is 11.7 Å². The van der Waals surface area contributed by atoms with E-state index in [1.54, 1.807) is 12.1 Å². The van der Waals surface area contributed by atoms with Crippen LogP contribution in [0.2, 0.25) is 0 Å². The van der Waals surface area contributed by atoms with E-state index in [4.69, 9.17) is 0 Å². The fraction of sp³-hybridized carbons (Fsp3) is 0.500. The van der Waals surface area contributed by atoms with Gasteiger partial charge in [0.15, 0.2) is 6.10 Å². The summed E-state index contributed by atoms with van der Waals surface area (Å²) in [4.78, 5) is 14.1. The minimum absolute atomic E-state index is 0.332. The van der Waals surface area contributed by atoms with Crippen LogP contribution in [0.25, 0.3) is 0 Å². The van der Waals surface area contributed by atoms with E-state index in [0.717, 1.165) is 32.7 Å². The van der Waals surface area contributed by atoms with E-state index in [1.165, 1.54) is 0 Å². The summed E-state index contributed by atoms with van der Waals surface area (Å²) in [5, 5.41) is 16.0. The molecule has 1 heterocycles. The minimum atomic E-state index is -1.08. The molecule has 0 aromatic heterocycles. The number of rotatable bonds is 5. The quantitative estimate of drug-likeness (QED) is 0.685. The zero-order valence-corrected chi connectivity index (χ0v) is 11.0. The van der Waals surface area contributed by atoms with Crippen molar-refractivity contribution in [3.63, 3.8) is 0 Å². The molecule has 1 unspecified atom stereocenters. The van der Waals surface area contributed by atoms with E-state index in [2.05, 4.69) is 15.5 Å². The van der Waals surface area contributed by atoms with Gasteiger partial charge in [-0.15, -0.1) is 0 Å². The zero-order valence-electron chi connectivity index (χ0n) is 11.0. The molecule has 104 valence electrons. The molecule has 19 heavy (non-hydrogen) atoms. The number of carbonyl (C=O) groups excluding carboxylic acids is 1. The Hall–Kier alpha value is -1.43. The van der Waals surface area contributed by atoms with Crippen molar-refractivity contribution in [3.05, 3.63) is 35.9 Å². The van der Waals surface area contributed by atoms with Gasteiger partial charge in [-0.05, 0) is 5.56 Å². The number of amides is 1. The fourth-order valence-corrected chi connectivity index (χ4v) is 2.16. The van der Waals surface area contributed by atoms with Gasteiger partial charge in [-0.2, -0.15) is 0 Å². The van der Waals surface area contributed by atoms with Gasteiger partial charge in [0.2, 0.25) is 0 Å². The maximum atomic E-state index is 11.8. The lowest BCUT2D eigenvalue weighted by molar-refractivity contribution is -0.129. The van der Waals surface area contributed by atoms with Crippen LogP contribution in [0, 0.1) is 0 Å². The fourth-order valence-electron chi connectivity index (χ4n) is 2.16. The number of nitrogens with zero attached hydrogens (tertiary/aromatic N) is 1. The monoisotopic (exact) mass is 263 g/mol. The molecule has 0 bridgehead atoms. The standard InChI is InChI=1S/C14H21N3O2/c18-13(12-4-2-1-3-5-12)14(19)16-8-11-17-9-6-15-7-10-17/h1-5,13,15,18H,6-11H2,(H,16,19). The molecule has 0 saturated carbocycles. The summed E-state index contributed by atoms with van der Waals surface area (Å²) in [6.45, 7) is 5.42. The van der Waals surface area contributed by atoms with E-state index >= 15 is 0 Å². The van der Waals surface area contributed by atoms with E-state index < -0.39 is 6.10 Å². The number of nitrogens with one attached hydrogen (secondary N) is 2. The molecule has 5 heteroatoms. The third-order valence-electron chi connectivity index (χ3n) is 3.30. The molecule has 1 aliphatic heterocycles. The van der Waals surface area contributed by atoms with Crippen LogP contribution < -0.4 is 10.6 Å². The van der Waals surface area contributed by atoms with Crippen LogP contribution >= 0.6 is 0 Å². The summed E-state index contributed by atoms with van der Waals surface area (Å²) >= 11 is 0. The van der Waals surface area contributed by atoms with Crippen LogP contribution in [-0.4, -0.2) is 55.2 Å². The van der Waals surface area contributed by atoms with Crippen LogP contribution in [0.5, 0.6) is 0 Å². The van der Waals surface area contributed by atoms with Gasteiger partial charge in [0.1, 0.15) is 0 Å². The highest BCUT2D eigenvalue weighted by Crippen LogP contribution is 2.11. The number of hydrogen-bond acceptors (Lipinski definition) is 4. The van der Waals surface area contributed by atoms with Gasteiger partial charge in [-0.1, -0.05) is 30.3 Å². The zero-order chi connectivity index (χ0) is 13.5. The number of piperazine rings is 1. The SMILES string of the molecule is O=C(NCCN1CCNCC1)C(O)c1ccccc1. The molecule has 0 aliphatic carbocycles. The average Bonchev–Trinajstić information content (AvgIpc) is 2.48.